The van der Waals surface area contributed by atoms with Crippen molar-refractivity contribution in [2.24, 2.45) is 0 Å². The molecule has 0 unspecified atom stereocenters. The summed E-state index contributed by atoms with van der Waals surface area (Å²) < 4.78 is 17.9. The number of aromatic nitrogens is 1. The number of hydrogen-bond acceptors (Lipinski definition) is 2. The van der Waals surface area contributed by atoms with E-state index in [1.807, 2.05) is 0 Å². The molecule has 4 heteroatoms. The number of carbonyl (C=O) groups excluding carboxylic acids is 1. The molecule has 0 aliphatic rings. The van der Waals surface area contributed by atoms with Crippen molar-refractivity contribution >= 4 is 5.97 Å². The quantitative estimate of drug-likeness (QED) is 0.715. The molecule has 72 valence electrons. The molecular formula is C9H12FNO2. The highest BCUT2D eigenvalue weighted by molar-refractivity contribution is 5.89. The van der Waals surface area contributed by atoms with E-state index in [0.29, 0.717) is 11.3 Å². The molecule has 0 fully saturated rings. The van der Waals surface area contributed by atoms with E-state index >= 15 is 0 Å². The van der Waals surface area contributed by atoms with E-state index in [9.17, 15) is 9.18 Å². The Morgan fingerprint density at radius 1 is 1.54 bits per heavy atom. The molecule has 1 aromatic rings. The van der Waals surface area contributed by atoms with E-state index in [4.69, 9.17) is 4.74 Å². The highest BCUT2D eigenvalue weighted by Crippen LogP contribution is 2.16. The zero-order chi connectivity index (χ0) is 10.0. The number of rotatable bonds is 2. The highest BCUT2D eigenvalue weighted by Gasteiger charge is 2.17. The maximum atomic E-state index is 13.1. The van der Waals surface area contributed by atoms with Crippen LogP contribution in [0.25, 0.3) is 0 Å². The summed E-state index contributed by atoms with van der Waals surface area (Å²) in [4.78, 5) is 13.9. The maximum absolute atomic E-state index is 13.1. The molecule has 0 bridgehead atoms. The van der Waals surface area contributed by atoms with E-state index in [0.717, 1.165) is 0 Å². The van der Waals surface area contributed by atoms with Crippen molar-refractivity contribution in [1.29, 1.82) is 0 Å². The molecule has 0 saturated carbocycles. The molecule has 0 aromatic carbocycles. The Bertz CT molecular complexity index is 331. The van der Waals surface area contributed by atoms with Crippen molar-refractivity contribution in [1.82, 2.24) is 4.98 Å². The minimum atomic E-state index is -0.507. The molecule has 1 heterocycles. The second kappa shape index (κ2) is 3.60. The molecule has 0 aliphatic heterocycles. The average Bonchev–Trinajstić information content (AvgIpc) is 2.33. The van der Waals surface area contributed by atoms with Crippen LogP contribution < -0.4 is 0 Å². The van der Waals surface area contributed by atoms with Gasteiger partial charge in [-0.15, -0.1) is 0 Å². The van der Waals surface area contributed by atoms with Crippen molar-refractivity contribution in [3.05, 3.63) is 22.8 Å². The lowest BCUT2D eigenvalue weighted by atomic mass is 10.2. The van der Waals surface area contributed by atoms with Gasteiger partial charge in [-0.25, -0.2) is 9.18 Å². The van der Waals surface area contributed by atoms with Gasteiger partial charge < -0.3 is 9.72 Å². The third-order valence-corrected chi connectivity index (χ3v) is 1.83. The van der Waals surface area contributed by atoms with Gasteiger partial charge in [-0.2, -0.15) is 0 Å². The minimum absolute atomic E-state index is 0.205. The summed E-state index contributed by atoms with van der Waals surface area (Å²) in [5.74, 6) is -0.880. The first-order valence-corrected chi connectivity index (χ1v) is 4.09. The van der Waals surface area contributed by atoms with Gasteiger partial charge in [0.15, 0.2) is 0 Å². The summed E-state index contributed by atoms with van der Waals surface area (Å²) in [5.41, 5.74) is 0.883. The van der Waals surface area contributed by atoms with Gasteiger partial charge in [0.1, 0.15) is 11.5 Å². The third-order valence-electron chi connectivity index (χ3n) is 1.83. The molecular weight excluding hydrogens is 173 g/mol. The predicted octanol–water partition coefficient (Wildman–Crippen LogP) is 1.95. The van der Waals surface area contributed by atoms with Crippen LogP contribution in [0.2, 0.25) is 0 Å². The Labute approximate surface area is 75.9 Å². The molecule has 0 spiro atoms. The Morgan fingerprint density at radius 2 is 2.15 bits per heavy atom. The Kier molecular flexibility index (Phi) is 2.70. The average molecular weight is 185 g/mol. The third kappa shape index (κ3) is 1.71. The molecule has 1 rings (SSSR count). The fourth-order valence-electron chi connectivity index (χ4n) is 1.13. The molecule has 1 aromatic heterocycles. The summed E-state index contributed by atoms with van der Waals surface area (Å²) in [5, 5.41) is 0. The number of carbonyl (C=O) groups is 1. The normalized spacial score (nSPS) is 10.2. The lowest BCUT2D eigenvalue weighted by Gasteiger charge is -1.99. The van der Waals surface area contributed by atoms with Gasteiger partial charge in [-0.05, 0) is 20.8 Å². The highest BCUT2D eigenvalue weighted by atomic mass is 19.1. The zero-order valence-corrected chi connectivity index (χ0v) is 7.90. The van der Waals surface area contributed by atoms with Gasteiger partial charge in [0.25, 0.3) is 0 Å². The van der Waals surface area contributed by atoms with Gasteiger partial charge in [0.05, 0.1) is 6.61 Å². The van der Waals surface area contributed by atoms with Crippen molar-refractivity contribution in [2.45, 2.75) is 20.8 Å². The molecule has 0 aliphatic carbocycles. The number of hydrogen-bond donors (Lipinski definition) is 1. The van der Waals surface area contributed by atoms with E-state index in [2.05, 4.69) is 4.98 Å². The van der Waals surface area contributed by atoms with Gasteiger partial charge in [0, 0.05) is 11.3 Å². The van der Waals surface area contributed by atoms with Crippen LogP contribution in [0.4, 0.5) is 4.39 Å². The molecule has 3 nitrogen and oxygen atoms in total. The largest absolute Gasteiger partial charge is 0.461 e. The summed E-state index contributed by atoms with van der Waals surface area (Å²) in [6.07, 6.45) is 0. The lowest BCUT2D eigenvalue weighted by Crippen LogP contribution is -2.06. The maximum Gasteiger partial charge on any atom is 0.355 e. The first-order valence-electron chi connectivity index (χ1n) is 4.09. The number of H-pyrrole nitrogens is 1. The van der Waals surface area contributed by atoms with Gasteiger partial charge in [-0.3, -0.25) is 0 Å². The van der Waals surface area contributed by atoms with Crippen LogP contribution in [0.3, 0.4) is 0 Å². The molecule has 13 heavy (non-hydrogen) atoms. The van der Waals surface area contributed by atoms with E-state index in [-0.39, 0.29) is 18.1 Å². The molecule has 0 saturated heterocycles. The van der Waals surface area contributed by atoms with Crippen molar-refractivity contribution < 1.29 is 13.9 Å². The zero-order valence-electron chi connectivity index (χ0n) is 7.90. The summed E-state index contributed by atoms with van der Waals surface area (Å²) in [7, 11) is 0. The van der Waals surface area contributed by atoms with Gasteiger partial charge in [-0.1, -0.05) is 0 Å². The first-order chi connectivity index (χ1) is 6.07. The second-order valence-electron chi connectivity index (χ2n) is 2.78. The van der Waals surface area contributed by atoms with Crippen LogP contribution in [0.1, 0.15) is 28.7 Å². The number of aryl methyl sites for hydroxylation is 1. The standard InChI is InChI=1S/C9H12FNO2/c1-4-13-9(12)8-5(2)7(10)6(3)11-8/h11H,4H2,1-3H3. The van der Waals surface area contributed by atoms with Crippen LogP contribution in [0.15, 0.2) is 0 Å². The Balaban J connectivity index is 3.01. The number of halogens is 1. The Hall–Kier alpha value is -1.32. The van der Waals surface area contributed by atoms with E-state index in [1.54, 1.807) is 20.8 Å². The second-order valence-corrected chi connectivity index (χ2v) is 2.78. The SMILES string of the molecule is CCOC(=O)c1[nH]c(C)c(F)c1C. The molecule has 0 amide bonds. The van der Waals surface area contributed by atoms with Crippen LogP contribution in [0, 0.1) is 19.7 Å². The minimum Gasteiger partial charge on any atom is -0.461 e. The monoisotopic (exact) mass is 185 g/mol. The molecule has 0 radical (unpaired) electrons. The fourth-order valence-corrected chi connectivity index (χ4v) is 1.13. The van der Waals surface area contributed by atoms with E-state index < -0.39 is 5.97 Å². The lowest BCUT2D eigenvalue weighted by molar-refractivity contribution is 0.0519. The van der Waals surface area contributed by atoms with Crippen molar-refractivity contribution in [3.63, 3.8) is 0 Å². The van der Waals surface area contributed by atoms with Crippen LogP contribution >= 0.6 is 0 Å². The number of aromatic amines is 1. The van der Waals surface area contributed by atoms with Crippen LogP contribution in [-0.4, -0.2) is 17.6 Å². The van der Waals surface area contributed by atoms with Crippen LogP contribution in [-0.2, 0) is 4.74 Å². The predicted molar refractivity (Wildman–Crippen MR) is 46.2 cm³/mol. The fraction of sp³-hybridized carbons (Fsp3) is 0.444. The Morgan fingerprint density at radius 3 is 2.54 bits per heavy atom. The van der Waals surface area contributed by atoms with Crippen LogP contribution in [0.5, 0.6) is 0 Å². The number of esters is 1. The summed E-state index contributed by atoms with van der Waals surface area (Å²) >= 11 is 0. The molecule has 1 N–H and O–H groups in total. The number of nitrogens with one attached hydrogen (secondary N) is 1. The first kappa shape index (κ1) is 9.77. The van der Waals surface area contributed by atoms with Gasteiger partial charge >= 0.3 is 5.97 Å². The van der Waals surface area contributed by atoms with Gasteiger partial charge in [0.2, 0.25) is 0 Å². The van der Waals surface area contributed by atoms with E-state index in [1.165, 1.54) is 0 Å². The smallest absolute Gasteiger partial charge is 0.355 e. The number of ether oxygens (including phenoxy) is 1. The summed E-state index contributed by atoms with van der Waals surface area (Å²) in [6.45, 7) is 5.12. The topological polar surface area (TPSA) is 42.1 Å². The van der Waals surface area contributed by atoms with Crippen molar-refractivity contribution in [2.75, 3.05) is 6.61 Å². The van der Waals surface area contributed by atoms with Crippen molar-refractivity contribution in [3.8, 4) is 0 Å². The summed E-state index contributed by atoms with van der Waals surface area (Å²) in [6, 6.07) is 0. The molecule has 0 atom stereocenters.